The van der Waals surface area contributed by atoms with Gasteiger partial charge >= 0.3 is 0 Å². The van der Waals surface area contributed by atoms with Gasteiger partial charge in [0.2, 0.25) is 0 Å². The van der Waals surface area contributed by atoms with E-state index in [1.807, 2.05) is 18.5 Å². The van der Waals surface area contributed by atoms with E-state index in [0.29, 0.717) is 18.8 Å². The number of hydrogen-bond acceptors (Lipinski definition) is 5. The summed E-state index contributed by atoms with van der Waals surface area (Å²) in [7, 11) is 1.75. The van der Waals surface area contributed by atoms with E-state index in [2.05, 4.69) is 31.0 Å². The maximum atomic E-state index is 12.0. The molecule has 10 heteroatoms. The molecule has 1 atom stereocenters. The summed E-state index contributed by atoms with van der Waals surface area (Å²) in [4.78, 5) is 20.7. The van der Waals surface area contributed by atoms with Crippen molar-refractivity contribution in [3.63, 3.8) is 0 Å². The van der Waals surface area contributed by atoms with Gasteiger partial charge in [0.15, 0.2) is 11.7 Å². The van der Waals surface area contributed by atoms with Crippen LogP contribution in [0.1, 0.15) is 40.6 Å². The number of halogens is 1. The SMILES string of the molecule is CN=C(NCCCNC(=O)c1occc1C)NC1CCc2nc(C)nn2C1.I. The van der Waals surface area contributed by atoms with Crippen molar-refractivity contribution in [2.75, 3.05) is 20.1 Å². The zero-order valence-corrected chi connectivity index (χ0v) is 18.8. The minimum absolute atomic E-state index is 0. The Morgan fingerprint density at radius 3 is 2.86 bits per heavy atom. The molecule has 0 spiro atoms. The first-order valence-electron chi connectivity index (χ1n) is 9.26. The fraction of sp³-hybridized carbons (Fsp3) is 0.556. The molecule has 0 bridgehead atoms. The number of carbonyl (C=O) groups excluding carboxylic acids is 1. The molecule has 28 heavy (non-hydrogen) atoms. The number of aromatic nitrogens is 3. The Hall–Kier alpha value is -2.11. The first-order valence-corrected chi connectivity index (χ1v) is 9.26. The van der Waals surface area contributed by atoms with Gasteiger partial charge in [0.1, 0.15) is 11.6 Å². The largest absolute Gasteiger partial charge is 0.459 e. The van der Waals surface area contributed by atoms with Crippen LogP contribution in [-0.2, 0) is 13.0 Å². The molecule has 0 fully saturated rings. The molecule has 0 aromatic carbocycles. The smallest absolute Gasteiger partial charge is 0.287 e. The number of nitrogens with zero attached hydrogens (tertiary/aromatic N) is 4. The van der Waals surface area contributed by atoms with Crippen molar-refractivity contribution >= 4 is 35.8 Å². The topological polar surface area (TPSA) is 109 Å². The Bertz CT molecular complexity index is 815. The third-order valence-corrected chi connectivity index (χ3v) is 4.53. The predicted molar refractivity (Wildman–Crippen MR) is 117 cm³/mol. The van der Waals surface area contributed by atoms with Gasteiger partial charge in [-0.25, -0.2) is 9.67 Å². The summed E-state index contributed by atoms with van der Waals surface area (Å²) >= 11 is 0. The van der Waals surface area contributed by atoms with Crippen LogP contribution < -0.4 is 16.0 Å². The number of aryl methyl sites for hydroxylation is 3. The fourth-order valence-electron chi connectivity index (χ4n) is 3.12. The molecule has 0 saturated heterocycles. The molecule has 0 radical (unpaired) electrons. The van der Waals surface area contributed by atoms with Gasteiger partial charge in [0, 0.05) is 38.2 Å². The second-order valence-corrected chi connectivity index (χ2v) is 6.68. The first-order chi connectivity index (χ1) is 13.1. The normalized spacial score (nSPS) is 16.1. The molecule has 1 aliphatic heterocycles. The summed E-state index contributed by atoms with van der Waals surface area (Å²) in [6.45, 7) is 5.83. The number of nitrogens with one attached hydrogen (secondary N) is 3. The van der Waals surface area contributed by atoms with E-state index in [1.165, 1.54) is 6.26 Å². The summed E-state index contributed by atoms with van der Waals surface area (Å²) in [6.07, 6.45) is 4.21. The molecular weight excluding hydrogens is 473 g/mol. The van der Waals surface area contributed by atoms with Crippen LogP contribution in [-0.4, -0.2) is 52.8 Å². The summed E-state index contributed by atoms with van der Waals surface area (Å²) in [5, 5.41) is 14.0. The number of hydrogen-bond donors (Lipinski definition) is 3. The number of fused-ring (bicyclic) bond motifs is 1. The van der Waals surface area contributed by atoms with Gasteiger partial charge in [-0.2, -0.15) is 5.10 Å². The highest BCUT2D eigenvalue weighted by atomic mass is 127. The Morgan fingerprint density at radius 1 is 1.36 bits per heavy atom. The van der Waals surface area contributed by atoms with Crippen LogP contribution in [0.25, 0.3) is 0 Å². The summed E-state index contributed by atoms with van der Waals surface area (Å²) in [6, 6.07) is 2.05. The zero-order valence-electron chi connectivity index (χ0n) is 16.5. The van der Waals surface area contributed by atoms with E-state index in [-0.39, 0.29) is 35.9 Å². The summed E-state index contributed by atoms with van der Waals surface area (Å²) in [5.41, 5.74) is 0.841. The van der Waals surface area contributed by atoms with Gasteiger partial charge in [-0.1, -0.05) is 0 Å². The Balaban J connectivity index is 0.00000280. The Kier molecular flexibility index (Phi) is 8.27. The maximum absolute atomic E-state index is 12.0. The highest BCUT2D eigenvalue weighted by Gasteiger charge is 2.21. The number of guanidine groups is 1. The van der Waals surface area contributed by atoms with Crippen molar-refractivity contribution in [2.45, 2.75) is 45.7 Å². The van der Waals surface area contributed by atoms with Gasteiger partial charge in [-0.3, -0.25) is 9.79 Å². The molecule has 1 aliphatic rings. The van der Waals surface area contributed by atoms with E-state index >= 15 is 0 Å². The lowest BCUT2D eigenvalue weighted by Crippen LogP contribution is -2.47. The van der Waals surface area contributed by atoms with Crippen LogP contribution in [0.5, 0.6) is 0 Å². The van der Waals surface area contributed by atoms with E-state index in [9.17, 15) is 4.79 Å². The molecule has 2 aromatic rings. The molecule has 3 rings (SSSR count). The average Bonchev–Trinajstić information content (AvgIpc) is 3.24. The van der Waals surface area contributed by atoms with Crippen LogP contribution >= 0.6 is 24.0 Å². The number of aliphatic imine (C=N–C) groups is 1. The highest BCUT2D eigenvalue weighted by Crippen LogP contribution is 2.12. The standard InChI is InChI=1S/C18H27N7O2.HI/c1-12-7-10-27-16(12)17(26)20-8-4-9-21-18(19-3)23-14-5-6-15-22-13(2)24-25(15)11-14;/h7,10,14H,4-6,8-9,11H2,1-3H3,(H,20,26)(H2,19,21,23);1H. The van der Waals surface area contributed by atoms with E-state index in [1.54, 1.807) is 13.1 Å². The van der Waals surface area contributed by atoms with E-state index < -0.39 is 0 Å². The third kappa shape index (κ3) is 5.69. The monoisotopic (exact) mass is 501 g/mol. The van der Waals surface area contributed by atoms with Crippen molar-refractivity contribution < 1.29 is 9.21 Å². The minimum atomic E-state index is -0.179. The molecule has 9 nitrogen and oxygen atoms in total. The lowest BCUT2D eigenvalue weighted by atomic mass is 10.1. The quantitative estimate of drug-likeness (QED) is 0.239. The average molecular weight is 501 g/mol. The van der Waals surface area contributed by atoms with Gasteiger partial charge < -0.3 is 20.4 Å². The number of carbonyl (C=O) groups is 1. The lowest BCUT2D eigenvalue weighted by Gasteiger charge is -2.25. The third-order valence-electron chi connectivity index (χ3n) is 4.53. The molecule has 154 valence electrons. The van der Waals surface area contributed by atoms with Crippen LogP contribution in [0.15, 0.2) is 21.7 Å². The van der Waals surface area contributed by atoms with Crippen molar-refractivity contribution in [3.8, 4) is 0 Å². The van der Waals surface area contributed by atoms with Crippen LogP contribution in [0, 0.1) is 13.8 Å². The second-order valence-electron chi connectivity index (χ2n) is 6.68. The molecule has 1 amide bonds. The Morgan fingerprint density at radius 2 is 2.14 bits per heavy atom. The molecule has 1 unspecified atom stereocenters. The molecule has 3 N–H and O–H groups in total. The zero-order chi connectivity index (χ0) is 19.2. The second kappa shape index (κ2) is 10.4. The highest BCUT2D eigenvalue weighted by molar-refractivity contribution is 14.0. The number of rotatable bonds is 6. The number of amides is 1. The number of furan rings is 1. The fourth-order valence-corrected chi connectivity index (χ4v) is 3.12. The molecule has 3 heterocycles. The van der Waals surface area contributed by atoms with E-state index in [4.69, 9.17) is 4.42 Å². The van der Waals surface area contributed by atoms with Gasteiger partial charge in [0.05, 0.1) is 12.8 Å². The van der Waals surface area contributed by atoms with Crippen LogP contribution in [0.3, 0.4) is 0 Å². The van der Waals surface area contributed by atoms with Crippen LogP contribution in [0.2, 0.25) is 0 Å². The maximum Gasteiger partial charge on any atom is 0.287 e. The van der Waals surface area contributed by atoms with Crippen molar-refractivity contribution in [1.82, 2.24) is 30.7 Å². The van der Waals surface area contributed by atoms with E-state index in [0.717, 1.165) is 49.0 Å². The first kappa shape index (κ1) is 22.2. The molecule has 0 saturated carbocycles. The summed E-state index contributed by atoms with van der Waals surface area (Å²) in [5.74, 6) is 2.83. The Labute approximate surface area is 181 Å². The van der Waals surface area contributed by atoms with Gasteiger partial charge in [-0.05, 0) is 32.8 Å². The van der Waals surface area contributed by atoms with Crippen molar-refractivity contribution in [2.24, 2.45) is 4.99 Å². The van der Waals surface area contributed by atoms with Gasteiger partial charge in [0.25, 0.3) is 5.91 Å². The molecule has 2 aromatic heterocycles. The molecular formula is C18H28IN7O2. The van der Waals surface area contributed by atoms with Gasteiger partial charge in [-0.15, -0.1) is 24.0 Å². The van der Waals surface area contributed by atoms with Crippen molar-refractivity contribution in [3.05, 3.63) is 35.3 Å². The molecule has 0 aliphatic carbocycles. The minimum Gasteiger partial charge on any atom is -0.459 e. The van der Waals surface area contributed by atoms with Crippen molar-refractivity contribution in [1.29, 1.82) is 0 Å². The van der Waals surface area contributed by atoms with Crippen LogP contribution in [0.4, 0.5) is 0 Å². The predicted octanol–water partition coefficient (Wildman–Crippen LogP) is 1.41. The summed E-state index contributed by atoms with van der Waals surface area (Å²) < 4.78 is 7.15. The lowest BCUT2D eigenvalue weighted by molar-refractivity contribution is 0.0925.